The highest BCUT2D eigenvalue weighted by molar-refractivity contribution is 5.32. The molecule has 2 saturated carbocycles. The van der Waals surface area contributed by atoms with Crippen molar-refractivity contribution in [2.75, 3.05) is 7.11 Å². The molecule has 128 valence electrons. The van der Waals surface area contributed by atoms with Crippen LogP contribution in [0.4, 0.5) is 0 Å². The van der Waals surface area contributed by atoms with Crippen molar-refractivity contribution in [2.24, 2.45) is 5.92 Å². The Morgan fingerprint density at radius 1 is 1.39 bits per heavy atom. The minimum Gasteiger partial charge on any atom is -0.480 e. The van der Waals surface area contributed by atoms with Crippen molar-refractivity contribution in [3.63, 3.8) is 0 Å². The van der Waals surface area contributed by atoms with Gasteiger partial charge in [0.05, 0.1) is 24.2 Å². The number of epoxide rings is 2. The Labute approximate surface area is 138 Å². The van der Waals surface area contributed by atoms with E-state index in [2.05, 4.69) is 19.6 Å². The first-order valence-electron chi connectivity index (χ1n) is 8.96. The van der Waals surface area contributed by atoms with Crippen molar-refractivity contribution in [3.05, 3.63) is 24.0 Å². The van der Waals surface area contributed by atoms with E-state index >= 15 is 0 Å². The second-order valence-electron chi connectivity index (χ2n) is 7.79. The number of aliphatic hydroxyl groups excluding tert-OH is 1. The van der Waals surface area contributed by atoms with Crippen LogP contribution in [0.2, 0.25) is 0 Å². The first kappa shape index (κ1) is 15.7. The van der Waals surface area contributed by atoms with Gasteiger partial charge in [0.1, 0.15) is 11.4 Å². The molecule has 2 aliphatic heterocycles. The van der Waals surface area contributed by atoms with Gasteiger partial charge in [0.2, 0.25) is 0 Å². The fourth-order valence-electron chi connectivity index (χ4n) is 5.01. The molecule has 0 aromatic carbocycles. The molecule has 6 atom stereocenters. The summed E-state index contributed by atoms with van der Waals surface area (Å²) in [5.41, 5.74) is 0.942. The third-order valence-electron chi connectivity index (χ3n) is 6.49. The van der Waals surface area contributed by atoms with Gasteiger partial charge < -0.3 is 19.3 Å². The van der Waals surface area contributed by atoms with Crippen molar-refractivity contribution in [1.82, 2.24) is 0 Å². The van der Waals surface area contributed by atoms with Crippen LogP contribution in [0.1, 0.15) is 51.9 Å². The van der Waals surface area contributed by atoms with Crippen LogP contribution in [0.15, 0.2) is 24.0 Å². The van der Waals surface area contributed by atoms with Gasteiger partial charge in [-0.05, 0) is 51.9 Å². The van der Waals surface area contributed by atoms with E-state index in [1.807, 2.05) is 0 Å². The van der Waals surface area contributed by atoms with Crippen molar-refractivity contribution < 1.29 is 19.3 Å². The number of ether oxygens (including phenoxy) is 3. The molecular formula is C19H28O4. The third-order valence-corrected chi connectivity index (χ3v) is 6.49. The standard InChI is InChI=1S/C19H28O4/c1-12-19(22-12)11-10-14(20)16(21-3)17(19)18(2)15(23-18)9-8-13-6-4-5-7-13/h8,14-17,20H,1,4-7,9-11H2,2-3H3. The van der Waals surface area contributed by atoms with Crippen LogP contribution in [0.25, 0.3) is 0 Å². The van der Waals surface area contributed by atoms with Crippen LogP contribution in [-0.2, 0) is 14.2 Å². The lowest BCUT2D eigenvalue weighted by atomic mass is 9.67. The van der Waals surface area contributed by atoms with Gasteiger partial charge in [-0.15, -0.1) is 0 Å². The summed E-state index contributed by atoms with van der Waals surface area (Å²) in [6.07, 6.45) is 9.46. The van der Waals surface area contributed by atoms with Gasteiger partial charge in [0.25, 0.3) is 0 Å². The third kappa shape index (κ3) is 2.38. The summed E-state index contributed by atoms with van der Waals surface area (Å²) in [6.45, 7) is 6.19. The molecular weight excluding hydrogens is 292 g/mol. The lowest BCUT2D eigenvalue weighted by molar-refractivity contribution is -0.115. The van der Waals surface area contributed by atoms with E-state index in [0.29, 0.717) is 6.42 Å². The molecule has 1 spiro atoms. The predicted molar refractivity (Wildman–Crippen MR) is 86.9 cm³/mol. The van der Waals surface area contributed by atoms with Crippen LogP contribution in [-0.4, -0.2) is 41.7 Å². The number of aliphatic hydroxyl groups is 1. The van der Waals surface area contributed by atoms with Crippen molar-refractivity contribution in [2.45, 2.75) is 81.4 Å². The summed E-state index contributed by atoms with van der Waals surface area (Å²) >= 11 is 0. The Hall–Kier alpha value is -0.840. The monoisotopic (exact) mass is 320 g/mol. The molecule has 2 saturated heterocycles. The van der Waals surface area contributed by atoms with Crippen molar-refractivity contribution in [1.29, 1.82) is 0 Å². The molecule has 4 fully saturated rings. The predicted octanol–water partition coefficient (Wildman–Crippen LogP) is 3.10. The van der Waals surface area contributed by atoms with E-state index in [4.69, 9.17) is 14.2 Å². The summed E-state index contributed by atoms with van der Waals surface area (Å²) in [4.78, 5) is 0. The molecule has 0 aromatic heterocycles. The molecule has 4 rings (SSSR count). The summed E-state index contributed by atoms with van der Waals surface area (Å²) in [5.74, 6) is 0.851. The smallest absolute Gasteiger partial charge is 0.173 e. The second-order valence-corrected chi connectivity index (χ2v) is 7.79. The van der Waals surface area contributed by atoms with E-state index in [0.717, 1.165) is 18.6 Å². The molecule has 4 nitrogen and oxygen atoms in total. The maximum Gasteiger partial charge on any atom is 0.173 e. The molecule has 2 aliphatic carbocycles. The van der Waals surface area contributed by atoms with Crippen LogP contribution in [0.3, 0.4) is 0 Å². The number of hydrogen-bond donors (Lipinski definition) is 1. The summed E-state index contributed by atoms with van der Waals surface area (Å²) in [6, 6.07) is 0. The molecule has 23 heavy (non-hydrogen) atoms. The SMILES string of the molecule is C=C1OC12CCC(O)C(OC)C2C1(C)OC1CC=C1CCCC1. The zero-order valence-corrected chi connectivity index (χ0v) is 14.2. The van der Waals surface area contributed by atoms with Crippen molar-refractivity contribution >= 4 is 0 Å². The van der Waals surface area contributed by atoms with Gasteiger partial charge in [-0.2, -0.15) is 0 Å². The minimum absolute atomic E-state index is 0.0169. The maximum atomic E-state index is 10.4. The quantitative estimate of drug-likeness (QED) is 0.639. The van der Waals surface area contributed by atoms with Gasteiger partial charge in [-0.25, -0.2) is 0 Å². The van der Waals surface area contributed by atoms with Crippen LogP contribution < -0.4 is 0 Å². The summed E-state index contributed by atoms with van der Waals surface area (Å²) in [7, 11) is 1.67. The summed E-state index contributed by atoms with van der Waals surface area (Å²) < 4.78 is 17.7. The first-order valence-corrected chi connectivity index (χ1v) is 8.96. The van der Waals surface area contributed by atoms with Gasteiger partial charge in [-0.3, -0.25) is 0 Å². The zero-order valence-electron chi connectivity index (χ0n) is 14.2. The highest BCUT2D eigenvalue weighted by atomic mass is 16.6. The van der Waals surface area contributed by atoms with Gasteiger partial charge >= 0.3 is 0 Å². The molecule has 4 heteroatoms. The van der Waals surface area contributed by atoms with E-state index in [-0.39, 0.29) is 29.3 Å². The molecule has 0 aromatic rings. The Balaban J connectivity index is 1.52. The van der Waals surface area contributed by atoms with E-state index < -0.39 is 6.10 Å². The Morgan fingerprint density at radius 2 is 2.09 bits per heavy atom. The number of methoxy groups -OCH3 is 1. The molecule has 4 aliphatic rings. The number of rotatable bonds is 4. The molecule has 1 N–H and O–H groups in total. The molecule has 6 unspecified atom stereocenters. The highest BCUT2D eigenvalue weighted by Gasteiger charge is 2.74. The van der Waals surface area contributed by atoms with Crippen LogP contribution in [0, 0.1) is 5.92 Å². The second kappa shape index (κ2) is 5.33. The molecule has 0 bridgehead atoms. The highest BCUT2D eigenvalue weighted by Crippen LogP contribution is 2.63. The number of hydrogen-bond acceptors (Lipinski definition) is 4. The largest absolute Gasteiger partial charge is 0.480 e. The minimum atomic E-state index is -0.456. The average molecular weight is 320 g/mol. The Kier molecular flexibility index (Phi) is 3.63. The lowest BCUT2D eigenvalue weighted by Crippen LogP contribution is -2.54. The summed E-state index contributed by atoms with van der Waals surface area (Å²) in [5, 5.41) is 10.4. The lowest BCUT2D eigenvalue weighted by Gasteiger charge is -2.40. The van der Waals surface area contributed by atoms with Gasteiger partial charge in [-0.1, -0.05) is 18.2 Å². The zero-order chi connectivity index (χ0) is 16.2. The Bertz CT molecular complexity index is 533. The fourth-order valence-corrected chi connectivity index (χ4v) is 5.01. The van der Waals surface area contributed by atoms with Crippen molar-refractivity contribution in [3.8, 4) is 0 Å². The van der Waals surface area contributed by atoms with Gasteiger partial charge in [0, 0.05) is 7.11 Å². The molecule has 2 heterocycles. The van der Waals surface area contributed by atoms with E-state index in [9.17, 15) is 5.11 Å². The van der Waals surface area contributed by atoms with E-state index in [1.165, 1.54) is 25.7 Å². The topological polar surface area (TPSA) is 54.5 Å². The Morgan fingerprint density at radius 3 is 2.70 bits per heavy atom. The fraction of sp³-hybridized carbons (Fsp3) is 0.789. The first-order chi connectivity index (χ1) is 11.0. The van der Waals surface area contributed by atoms with Gasteiger partial charge in [0.15, 0.2) is 5.60 Å². The van der Waals surface area contributed by atoms with Crippen LogP contribution in [0.5, 0.6) is 0 Å². The normalized spacial score (nSPS) is 48.5. The van der Waals surface area contributed by atoms with E-state index in [1.54, 1.807) is 12.7 Å². The maximum absolute atomic E-state index is 10.4. The van der Waals surface area contributed by atoms with Crippen LogP contribution >= 0.6 is 0 Å². The molecule has 0 radical (unpaired) electrons. The molecule has 0 amide bonds. The number of allylic oxidation sites excluding steroid dienone is 1. The average Bonchev–Trinajstić information content (AvgIpc) is 3.26.